The zero-order valence-corrected chi connectivity index (χ0v) is 14.6. The van der Waals surface area contributed by atoms with Crippen LogP contribution in [0.15, 0.2) is 59.5 Å². The maximum absolute atomic E-state index is 12.5. The highest BCUT2D eigenvalue weighted by atomic mass is 32.2. The fourth-order valence-corrected chi connectivity index (χ4v) is 3.43. The zero-order chi connectivity index (χ0) is 17.8. The predicted molar refractivity (Wildman–Crippen MR) is 101 cm³/mol. The molecule has 5 nitrogen and oxygen atoms in total. The zero-order valence-electron chi connectivity index (χ0n) is 13.0. The van der Waals surface area contributed by atoms with Gasteiger partial charge in [0.1, 0.15) is 5.75 Å². The maximum atomic E-state index is 12.5. The van der Waals surface area contributed by atoms with Crippen LogP contribution in [0.1, 0.15) is 11.1 Å². The Morgan fingerprint density at radius 2 is 1.84 bits per heavy atom. The van der Waals surface area contributed by atoms with Gasteiger partial charge in [-0.15, -0.1) is 0 Å². The van der Waals surface area contributed by atoms with Crippen LogP contribution in [0.4, 0.5) is 0 Å². The molecule has 0 aliphatic carbocycles. The quantitative estimate of drug-likeness (QED) is 0.640. The number of thioether (sulfide) groups is 1. The highest BCUT2D eigenvalue weighted by Gasteiger charge is 2.33. The second kappa shape index (κ2) is 7.50. The number of phenols is 1. The minimum absolute atomic E-state index is 0.0703. The number of aromatic hydroxyl groups is 1. The van der Waals surface area contributed by atoms with Gasteiger partial charge in [0.15, 0.2) is 4.32 Å². The number of phenolic OH excluding ortho intramolecular Hbond substituents is 1. The van der Waals surface area contributed by atoms with Crippen molar-refractivity contribution >= 4 is 46.2 Å². The Kier molecular flexibility index (Phi) is 5.16. The van der Waals surface area contributed by atoms with E-state index in [-0.39, 0.29) is 22.4 Å². The van der Waals surface area contributed by atoms with Gasteiger partial charge in [0, 0.05) is 5.56 Å². The molecule has 1 heterocycles. The number of amides is 2. The lowest BCUT2D eigenvalue weighted by Gasteiger charge is -2.15. The summed E-state index contributed by atoms with van der Waals surface area (Å²) in [4.78, 5) is 25.0. The summed E-state index contributed by atoms with van der Waals surface area (Å²) in [6.45, 7) is 0. The minimum Gasteiger partial charge on any atom is -0.507 e. The fourth-order valence-electron chi connectivity index (χ4n) is 2.26. The lowest BCUT2D eigenvalue weighted by atomic mass is 10.1. The van der Waals surface area contributed by atoms with Gasteiger partial charge >= 0.3 is 0 Å². The van der Waals surface area contributed by atoms with Crippen LogP contribution in [0, 0.1) is 0 Å². The molecule has 0 unspecified atom stereocenters. The number of rotatable bonds is 4. The Labute approximate surface area is 154 Å². The van der Waals surface area contributed by atoms with Crippen molar-refractivity contribution in [2.75, 3.05) is 0 Å². The van der Waals surface area contributed by atoms with E-state index in [1.807, 2.05) is 30.3 Å². The van der Waals surface area contributed by atoms with Crippen molar-refractivity contribution in [1.82, 2.24) is 10.4 Å². The number of nitrogens with zero attached hydrogens (tertiary/aromatic N) is 1. The minimum atomic E-state index is -0.417. The summed E-state index contributed by atoms with van der Waals surface area (Å²) in [6.07, 6.45) is 1.70. The van der Waals surface area contributed by atoms with Crippen molar-refractivity contribution in [2.24, 2.45) is 0 Å². The summed E-state index contributed by atoms with van der Waals surface area (Å²) in [5, 5.41) is 10.9. The molecular weight excluding hydrogens is 356 g/mol. The summed E-state index contributed by atoms with van der Waals surface area (Å²) in [6, 6.07) is 15.9. The van der Waals surface area contributed by atoms with E-state index in [4.69, 9.17) is 12.2 Å². The normalized spacial score (nSPS) is 15.7. The molecule has 3 rings (SSSR count). The number of carbonyl (C=O) groups is 2. The van der Waals surface area contributed by atoms with Gasteiger partial charge in [0.25, 0.3) is 5.91 Å². The van der Waals surface area contributed by atoms with Crippen molar-refractivity contribution in [3.8, 4) is 5.75 Å². The molecule has 0 spiro atoms. The van der Waals surface area contributed by atoms with Crippen LogP contribution in [0.25, 0.3) is 6.08 Å². The first-order valence-corrected chi connectivity index (χ1v) is 8.66. The van der Waals surface area contributed by atoms with Gasteiger partial charge in [-0.05, 0) is 29.9 Å². The van der Waals surface area contributed by atoms with Crippen LogP contribution in [0.3, 0.4) is 0 Å². The second-order valence-electron chi connectivity index (χ2n) is 5.27. The summed E-state index contributed by atoms with van der Waals surface area (Å²) >= 11 is 6.25. The van der Waals surface area contributed by atoms with E-state index in [0.29, 0.717) is 10.5 Å². The van der Waals surface area contributed by atoms with E-state index >= 15 is 0 Å². The number of hydrazine groups is 1. The molecule has 0 aromatic heterocycles. The Morgan fingerprint density at radius 1 is 1.16 bits per heavy atom. The summed E-state index contributed by atoms with van der Waals surface area (Å²) in [5.74, 6) is -0.674. The fraction of sp³-hybridized carbons (Fsp3) is 0.0556. The van der Waals surface area contributed by atoms with Crippen LogP contribution < -0.4 is 5.43 Å². The first-order chi connectivity index (χ1) is 12.0. The molecule has 2 N–H and O–H groups in total. The van der Waals surface area contributed by atoms with E-state index in [2.05, 4.69) is 5.43 Å². The molecule has 1 fully saturated rings. The molecule has 0 bridgehead atoms. The third kappa shape index (κ3) is 4.07. The van der Waals surface area contributed by atoms with Crippen molar-refractivity contribution in [3.05, 3.63) is 70.6 Å². The summed E-state index contributed by atoms with van der Waals surface area (Å²) in [5.41, 5.74) is 3.89. The van der Waals surface area contributed by atoms with E-state index < -0.39 is 5.91 Å². The molecule has 1 aliphatic rings. The van der Waals surface area contributed by atoms with E-state index in [9.17, 15) is 14.7 Å². The molecule has 2 aromatic rings. The van der Waals surface area contributed by atoms with Gasteiger partial charge in [-0.2, -0.15) is 5.01 Å². The number of nitrogens with one attached hydrogen (secondary N) is 1. The van der Waals surface area contributed by atoms with Gasteiger partial charge in [-0.1, -0.05) is 60.3 Å². The molecule has 1 aliphatic heterocycles. The van der Waals surface area contributed by atoms with Gasteiger partial charge in [0.05, 0.1) is 11.3 Å². The Morgan fingerprint density at radius 3 is 2.56 bits per heavy atom. The molecule has 0 atom stereocenters. The number of hydrogen-bond donors (Lipinski definition) is 2. The van der Waals surface area contributed by atoms with Gasteiger partial charge in [-0.25, -0.2) is 0 Å². The van der Waals surface area contributed by atoms with Crippen LogP contribution in [0.2, 0.25) is 0 Å². The highest BCUT2D eigenvalue weighted by molar-refractivity contribution is 8.26. The summed E-state index contributed by atoms with van der Waals surface area (Å²) in [7, 11) is 0. The van der Waals surface area contributed by atoms with Crippen LogP contribution in [0.5, 0.6) is 5.75 Å². The van der Waals surface area contributed by atoms with E-state index in [1.54, 1.807) is 24.3 Å². The number of para-hydroxylation sites is 1. The average molecular weight is 370 g/mol. The SMILES string of the molecule is O=C(Cc1ccccc1)NN1C(=O)/C(=C/c2ccccc2O)SC1=S. The first kappa shape index (κ1) is 17.2. The van der Waals surface area contributed by atoms with Crippen molar-refractivity contribution < 1.29 is 14.7 Å². The molecule has 126 valence electrons. The van der Waals surface area contributed by atoms with Crippen LogP contribution in [-0.4, -0.2) is 26.3 Å². The van der Waals surface area contributed by atoms with Crippen molar-refractivity contribution in [3.63, 3.8) is 0 Å². The maximum Gasteiger partial charge on any atom is 0.285 e. The standard InChI is InChI=1S/C18H14N2O3S2/c21-14-9-5-4-8-13(14)11-15-17(23)20(18(24)25-15)19-16(22)10-12-6-2-1-3-7-12/h1-9,11,21H,10H2,(H,19,22)/b15-11-. The first-order valence-electron chi connectivity index (χ1n) is 7.44. The van der Waals surface area contributed by atoms with Gasteiger partial charge < -0.3 is 5.11 Å². The van der Waals surface area contributed by atoms with E-state index in [1.165, 1.54) is 6.07 Å². The molecule has 2 amide bonds. The van der Waals surface area contributed by atoms with Crippen LogP contribution >= 0.6 is 24.0 Å². The average Bonchev–Trinajstić information content (AvgIpc) is 2.85. The Balaban J connectivity index is 1.71. The van der Waals surface area contributed by atoms with Gasteiger partial charge in [-0.3, -0.25) is 15.0 Å². The van der Waals surface area contributed by atoms with Crippen molar-refractivity contribution in [1.29, 1.82) is 0 Å². The predicted octanol–water partition coefficient (Wildman–Crippen LogP) is 2.87. The second-order valence-corrected chi connectivity index (χ2v) is 6.95. The Hall–Kier alpha value is -2.64. The lowest BCUT2D eigenvalue weighted by molar-refractivity contribution is -0.132. The summed E-state index contributed by atoms with van der Waals surface area (Å²) < 4.78 is 0.244. The topological polar surface area (TPSA) is 69.6 Å². The highest BCUT2D eigenvalue weighted by Crippen LogP contribution is 2.32. The number of thiocarbonyl (C=S) groups is 1. The smallest absolute Gasteiger partial charge is 0.285 e. The molecule has 7 heteroatoms. The molecule has 25 heavy (non-hydrogen) atoms. The molecular formula is C18H14N2O3S2. The van der Waals surface area contributed by atoms with Crippen LogP contribution in [-0.2, 0) is 16.0 Å². The number of benzene rings is 2. The molecule has 0 saturated carbocycles. The third-order valence-electron chi connectivity index (χ3n) is 3.46. The van der Waals surface area contributed by atoms with Crippen molar-refractivity contribution in [2.45, 2.75) is 6.42 Å². The molecule has 1 saturated heterocycles. The molecule has 0 radical (unpaired) electrons. The lowest BCUT2D eigenvalue weighted by Crippen LogP contribution is -2.45. The monoisotopic (exact) mass is 370 g/mol. The Bertz CT molecular complexity index is 866. The largest absolute Gasteiger partial charge is 0.507 e. The van der Waals surface area contributed by atoms with E-state index in [0.717, 1.165) is 22.3 Å². The third-order valence-corrected chi connectivity index (χ3v) is 4.76. The number of hydrogen-bond acceptors (Lipinski definition) is 5. The molecule has 2 aromatic carbocycles. The number of carbonyl (C=O) groups excluding carboxylic acids is 2. The van der Waals surface area contributed by atoms with Gasteiger partial charge in [0.2, 0.25) is 5.91 Å².